The lowest BCUT2D eigenvalue weighted by Gasteiger charge is -2.06. The zero-order valence-electron chi connectivity index (χ0n) is 8.33. The first-order valence-corrected chi connectivity index (χ1v) is 5.62. The fourth-order valence-corrected chi connectivity index (χ4v) is 1.90. The van der Waals surface area contributed by atoms with E-state index in [2.05, 4.69) is 41.8 Å². The molecule has 0 saturated carbocycles. The molecule has 0 aliphatic heterocycles. The molecular formula is C10H14N2S2. The highest BCUT2D eigenvalue weighted by atomic mass is 32.2. The topological polar surface area (TPSA) is 24.1 Å². The van der Waals surface area contributed by atoms with E-state index in [0.717, 1.165) is 4.32 Å². The van der Waals surface area contributed by atoms with Gasteiger partial charge >= 0.3 is 0 Å². The molecule has 0 aromatic heterocycles. The molecule has 1 aromatic rings. The van der Waals surface area contributed by atoms with Crippen molar-refractivity contribution in [1.82, 2.24) is 10.6 Å². The Labute approximate surface area is 94.5 Å². The predicted molar refractivity (Wildman–Crippen MR) is 66.7 cm³/mol. The average molecular weight is 226 g/mol. The van der Waals surface area contributed by atoms with Crippen molar-refractivity contribution in [1.29, 1.82) is 0 Å². The fourth-order valence-electron chi connectivity index (χ4n) is 0.910. The maximum Gasteiger partial charge on any atom is 0.139 e. The van der Waals surface area contributed by atoms with Crippen LogP contribution in [0.5, 0.6) is 0 Å². The number of hydrogen-bond acceptors (Lipinski definition) is 3. The molecule has 0 unspecified atom stereocenters. The highest BCUT2D eigenvalue weighted by Gasteiger charge is 1.98. The van der Waals surface area contributed by atoms with Gasteiger partial charge in [0.25, 0.3) is 0 Å². The third-order valence-electron chi connectivity index (χ3n) is 1.64. The second-order valence-corrected chi connectivity index (χ2v) is 4.66. The summed E-state index contributed by atoms with van der Waals surface area (Å²) in [5, 5.41) is 6.06. The first-order valence-electron chi connectivity index (χ1n) is 4.39. The number of thiocarbonyl (C=S) groups is 1. The number of rotatable bonds is 3. The van der Waals surface area contributed by atoms with Gasteiger partial charge in [0.2, 0.25) is 0 Å². The van der Waals surface area contributed by atoms with Gasteiger partial charge < -0.3 is 10.6 Å². The molecule has 14 heavy (non-hydrogen) atoms. The molecule has 0 spiro atoms. The van der Waals surface area contributed by atoms with Gasteiger partial charge in [-0.05, 0) is 26.1 Å². The SMILES string of the molecule is CNCNC(=S)Sc1ccc(C)cc1. The fraction of sp³-hybridized carbons (Fsp3) is 0.300. The predicted octanol–water partition coefficient (Wildman–Crippen LogP) is 2.14. The van der Waals surface area contributed by atoms with E-state index in [-0.39, 0.29) is 0 Å². The largest absolute Gasteiger partial charge is 0.358 e. The maximum atomic E-state index is 5.15. The Balaban J connectivity index is 2.44. The molecule has 0 radical (unpaired) electrons. The Morgan fingerprint density at radius 3 is 2.57 bits per heavy atom. The molecule has 4 heteroatoms. The summed E-state index contributed by atoms with van der Waals surface area (Å²) in [5.74, 6) is 0. The van der Waals surface area contributed by atoms with E-state index in [1.54, 1.807) is 11.8 Å². The molecule has 1 rings (SSSR count). The smallest absolute Gasteiger partial charge is 0.139 e. The van der Waals surface area contributed by atoms with Crippen LogP contribution in [0.4, 0.5) is 0 Å². The van der Waals surface area contributed by atoms with E-state index in [1.165, 1.54) is 10.5 Å². The van der Waals surface area contributed by atoms with Crippen molar-refractivity contribution in [3.63, 3.8) is 0 Å². The standard InChI is InChI=1S/C10H14N2S2/c1-8-3-5-9(6-4-8)14-10(13)12-7-11-2/h3-6,11H,7H2,1-2H3,(H,12,13). The second kappa shape index (κ2) is 6.01. The summed E-state index contributed by atoms with van der Waals surface area (Å²) in [6, 6.07) is 8.33. The van der Waals surface area contributed by atoms with Crippen molar-refractivity contribution in [3.8, 4) is 0 Å². The summed E-state index contributed by atoms with van der Waals surface area (Å²) in [4.78, 5) is 1.17. The average Bonchev–Trinajstić information content (AvgIpc) is 2.18. The zero-order chi connectivity index (χ0) is 10.4. The third kappa shape index (κ3) is 4.09. The van der Waals surface area contributed by atoms with Gasteiger partial charge in [-0.15, -0.1) is 0 Å². The van der Waals surface area contributed by atoms with Crippen LogP contribution in [-0.2, 0) is 0 Å². The van der Waals surface area contributed by atoms with Gasteiger partial charge in [0.15, 0.2) is 0 Å². The highest BCUT2D eigenvalue weighted by molar-refractivity contribution is 8.23. The molecule has 76 valence electrons. The van der Waals surface area contributed by atoms with Gasteiger partial charge in [0, 0.05) is 4.90 Å². The van der Waals surface area contributed by atoms with Crippen molar-refractivity contribution >= 4 is 28.3 Å². The number of hydrogen-bond donors (Lipinski definition) is 2. The summed E-state index contributed by atoms with van der Waals surface area (Å²) in [6.07, 6.45) is 0. The first kappa shape index (κ1) is 11.5. The first-order chi connectivity index (χ1) is 6.72. The van der Waals surface area contributed by atoms with Crippen molar-refractivity contribution in [3.05, 3.63) is 29.8 Å². The van der Waals surface area contributed by atoms with E-state index in [0.29, 0.717) is 6.67 Å². The Kier molecular flexibility index (Phi) is 4.93. The van der Waals surface area contributed by atoms with E-state index in [1.807, 2.05) is 7.05 Å². The van der Waals surface area contributed by atoms with Crippen LogP contribution in [0.1, 0.15) is 5.56 Å². The minimum atomic E-state index is 0.706. The van der Waals surface area contributed by atoms with Crippen molar-refractivity contribution in [2.75, 3.05) is 13.7 Å². The Morgan fingerprint density at radius 1 is 1.36 bits per heavy atom. The second-order valence-electron chi connectivity index (χ2n) is 2.91. The van der Waals surface area contributed by atoms with Gasteiger partial charge in [-0.3, -0.25) is 0 Å². The molecule has 0 heterocycles. The minimum absolute atomic E-state index is 0.706. The molecule has 0 aliphatic carbocycles. The van der Waals surface area contributed by atoms with Gasteiger partial charge in [0.1, 0.15) is 4.32 Å². The molecule has 2 N–H and O–H groups in total. The quantitative estimate of drug-likeness (QED) is 0.468. The lowest BCUT2D eigenvalue weighted by Crippen LogP contribution is -2.28. The van der Waals surface area contributed by atoms with E-state index >= 15 is 0 Å². The minimum Gasteiger partial charge on any atom is -0.358 e. The van der Waals surface area contributed by atoms with Crippen LogP contribution in [-0.4, -0.2) is 18.0 Å². The molecule has 0 atom stereocenters. The summed E-state index contributed by atoms with van der Waals surface area (Å²) in [7, 11) is 1.88. The molecule has 0 amide bonds. The normalized spacial score (nSPS) is 9.86. The summed E-state index contributed by atoms with van der Waals surface area (Å²) in [6.45, 7) is 2.78. The van der Waals surface area contributed by atoms with Crippen molar-refractivity contribution in [2.24, 2.45) is 0 Å². The van der Waals surface area contributed by atoms with Gasteiger partial charge in [0.05, 0.1) is 6.67 Å². The Morgan fingerprint density at radius 2 is 2.00 bits per heavy atom. The molecule has 2 nitrogen and oxygen atoms in total. The molecule has 0 bridgehead atoms. The highest BCUT2D eigenvalue weighted by Crippen LogP contribution is 2.18. The monoisotopic (exact) mass is 226 g/mol. The maximum absolute atomic E-state index is 5.15. The van der Waals surface area contributed by atoms with Crippen LogP contribution in [0.2, 0.25) is 0 Å². The van der Waals surface area contributed by atoms with Crippen LogP contribution in [0.25, 0.3) is 0 Å². The molecule has 0 aliphatic rings. The van der Waals surface area contributed by atoms with E-state index < -0.39 is 0 Å². The number of nitrogens with one attached hydrogen (secondary N) is 2. The Bertz CT molecular complexity index is 295. The van der Waals surface area contributed by atoms with Gasteiger partial charge in [-0.2, -0.15) is 0 Å². The number of thioether (sulfide) groups is 1. The molecular weight excluding hydrogens is 212 g/mol. The van der Waals surface area contributed by atoms with Gasteiger partial charge in [-0.25, -0.2) is 0 Å². The van der Waals surface area contributed by atoms with Crippen LogP contribution >= 0.6 is 24.0 Å². The third-order valence-corrected chi connectivity index (χ3v) is 2.87. The van der Waals surface area contributed by atoms with Crippen molar-refractivity contribution in [2.45, 2.75) is 11.8 Å². The number of aryl methyl sites for hydroxylation is 1. The number of benzene rings is 1. The summed E-state index contributed by atoms with van der Waals surface area (Å²) in [5.41, 5.74) is 1.27. The van der Waals surface area contributed by atoms with E-state index in [9.17, 15) is 0 Å². The van der Waals surface area contributed by atoms with Gasteiger partial charge in [-0.1, -0.05) is 41.7 Å². The Hall–Kier alpha value is -0.580. The van der Waals surface area contributed by atoms with Crippen LogP contribution < -0.4 is 10.6 Å². The van der Waals surface area contributed by atoms with Crippen LogP contribution in [0.15, 0.2) is 29.2 Å². The summed E-state index contributed by atoms with van der Waals surface area (Å²) < 4.78 is 0.795. The molecule has 0 saturated heterocycles. The lowest BCUT2D eigenvalue weighted by molar-refractivity contribution is 0.772. The van der Waals surface area contributed by atoms with Crippen LogP contribution in [0, 0.1) is 6.92 Å². The van der Waals surface area contributed by atoms with E-state index in [4.69, 9.17) is 12.2 Å². The van der Waals surface area contributed by atoms with Crippen LogP contribution in [0.3, 0.4) is 0 Å². The summed E-state index contributed by atoms with van der Waals surface area (Å²) >= 11 is 6.72. The van der Waals surface area contributed by atoms with Crippen molar-refractivity contribution < 1.29 is 0 Å². The lowest BCUT2D eigenvalue weighted by atomic mass is 10.2. The zero-order valence-corrected chi connectivity index (χ0v) is 9.97. The molecule has 0 fully saturated rings. The molecule has 1 aromatic carbocycles.